The molecule has 1 saturated carbocycles. The number of hydrogen-bond donors (Lipinski definition) is 1. The summed E-state index contributed by atoms with van der Waals surface area (Å²) in [6.45, 7) is 11.4. The van der Waals surface area contributed by atoms with E-state index in [9.17, 15) is 0 Å². The Bertz CT molecular complexity index is 195. The quantitative estimate of drug-likeness (QED) is 0.758. The summed E-state index contributed by atoms with van der Waals surface area (Å²) in [7, 11) is 2.22. The molecule has 0 bridgehead atoms. The lowest BCUT2D eigenvalue weighted by atomic mass is 9.85. The van der Waals surface area contributed by atoms with E-state index >= 15 is 0 Å². The molecule has 2 heteroatoms. The van der Waals surface area contributed by atoms with Gasteiger partial charge in [0, 0.05) is 12.6 Å². The van der Waals surface area contributed by atoms with Crippen molar-refractivity contribution < 1.29 is 0 Å². The lowest BCUT2D eigenvalue weighted by molar-refractivity contribution is 0.248. The third-order valence-electron chi connectivity index (χ3n) is 3.76. The van der Waals surface area contributed by atoms with Crippen molar-refractivity contribution >= 4 is 0 Å². The average molecular weight is 212 g/mol. The summed E-state index contributed by atoms with van der Waals surface area (Å²) in [5.41, 5.74) is 6.39. The van der Waals surface area contributed by atoms with Crippen molar-refractivity contribution in [3.05, 3.63) is 0 Å². The molecule has 0 amide bonds. The van der Waals surface area contributed by atoms with E-state index in [1.165, 1.54) is 13.0 Å². The second-order valence-corrected chi connectivity index (χ2v) is 6.50. The molecule has 0 saturated heterocycles. The molecule has 2 nitrogen and oxygen atoms in total. The molecule has 15 heavy (non-hydrogen) atoms. The fourth-order valence-corrected chi connectivity index (χ4v) is 1.94. The Morgan fingerprint density at radius 3 is 2.33 bits per heavy atom. The highest BCUT2D eigenvalue weighted by Crippen LogP contribution is 2.37. The van der Waals surface area contributed by atoms with Gasteiger partial charge in [-0.2, -0.15) is 0 Å². The summed E-state index contributed by atoms with van der Waals surface area (Å²) in [6.07, 6.45) is 2.54. The molecule has 2 N–H and O–H groups in total. The summed E-state index contributed by atoms with van der Waals surface area (Å²) in [4.78, 5) is 2.44. The lowest BCUT2D eigenvalue weighted by Gasteiger charge is -2.28. The average Bonchev–Trinajstić information content (AvgIpc) is 2.75. The molecular weight excluding hydrogens is 184 g/mol. The van der Waals surface area contributed by atoms with Crippen molar-refractivity contribution in [2.45, 2.75) is 46.6 Å². The van der Waals surface area contributed by atoms with Gasteiger partial charge in [-0.1, -0.05) is 27.7 Å². The number of nitrogens with two attached hydrogens (primary N) is 1. The third kappa shape index (κ3) is 4.52. The first-order valence-electron chi connectivity index (χ1n) is 6.25. The maximum atomic E-state index is 6.15. The second kappa shape index (κ2) is 4.84. The lowest BCUT2D eigenvalue weighted by Crippen LogP contribution is -2.38. The molecule has 0 heterocycles. The van der Waals surface area contributed by atoms with E-state index in [4.69, 9.17) is 5.73 Å². The maximum absolute atomic E-state index is 6.15. The van der Waals surface area contributed by atoms with Crippen molar-refractivity contribution in [2.24, 2.45) is 23.0 Å². The van der Waals surface area contributed by atoms with Gasteiger partial charge in [0.15, 0.2) is 0 Å². The fourth-order valence-electron chi connectivity index (χ4n) is 1.94. The van der Waals surface area contributed by atoms with Crippen LogP contribution in [-0.4, -0.2) is 31.1 Å². The Hall–Kier alpha value is -0.0800. The highest BCUT2D eigenvalue weighted by atomic mass is 15.1. The summed E-state index contributed by atoms with van der Waals surface area (Å²) >= 11 is 0. The molecule has 1 rings (SSSR count). The second-order valence-electron chi connectivity index (χ2n) is 6.50. The van der Waals surface area contributed by atoms with Crippen LogP contribution in [0.2, 0.25) is 0 Å². The van der Waals surface area contributed by atoms with Crippen LogP contribution >= 0.6 is 0 Å². The first-order chi connectivity index (χ1) is 6.80. The predicted molar refractivity (Wildman–Crippen MR) is 66.8 cm³/mol. The Labute approximate surface area is 95.2 Å². The van der Waals surface area contributed by atoms with Crippen LogP contribution in [0.4, 0.5) is 0 Å². The molecule has 0 aromatic heterocycles. The Morgan fingerprint density at radius 1 is 1.40 bits per heavy atom. The molecule has 0 radical (unpaired) electrons. The van der Waals surface area contributed by atoms with E-state index in [0.717, 1.165) is 24.8 Å². The van der Waals surface area contributed by atoms with Crippen LogP contribution in [0.1, 0.15) is 40.5 Å². The molecule has 0 spiro atoms. The van der Waals surface area contributed by atoms with Gasteiger partial charge in [0.05, 0.1) is 0 Å². The highest BCUT2D eigenvalue weighted by Gasteiger charge is 2.33. The number of nitrogens with zero attached hydrogens (tertiary/aromatic N) is 1. The van der Waals surface area contributed by atoms with Crippen LogP contribution in [0, 0.1) is 17.3 Å². The van der Waals surface area contributed by atoms with E-state index < -0.39 is 0 Å². The van der Waals surface area contributed by atoms with Crippen molar-refractivity contribution in [2.75, 3.05) is 20.1 Å². The molecule has 90 valence electrons. The highest BCUT2D eigenvalue weighted by molar-refractivity contribution is 4.85. The minimum atomic E-state index is 0.244. The van der Waals surface area contributed by atoms with Crippen molar-refractivity contribution in [3.63, 3.8) is 0 Å². The van der Waals surface area contributed by atoms with E-state index in [0.29, 0.717) is 6.04 Å². The third-order valence-corrected chi connectivity index (χ3v) is 3.76. The zero-order valence-electron chi connectivity index (χ0n) is 11.1. The Kier molecular flexibility index (Phi) is 4.19. The van der Waals surface area contributed by atoms with Gasteiger partial charge in [-0.05, 0) is 43.7 Å². The fraction of sp³-hybridized carbons (Fsp3) is 1.00. The normalized spacial score (nSPS) is 28.2. The van der Waals surface area contributed by atoms with Gasteiger partial charge in [0.25, 0.3) is 0 Å². The first-order valence-corrected chi connectivity index (χ1v) is 6.25. The number of hydrogen-bond acceptors (Lipinski definition) is 2. The van der Waals surface area contributed by atoms with Crippen LogP contribution < -0.4 is 5.73 Å². The first kappa shape index (κ1) is 13.0. The molecule has 3 atom stereocenters. The molecule has 0 aromatic rings. The van der Waals surface area contributed by atoms with Crippen molar-refractivity contribution in [1.82, 2.24) is 4.90 Å². The van der Waals surface area contributed by atoms with Crippen molar-refractivity contribution in [3.8, 4) is 0 Å². The van der Waals surface area contributed by atoms with Gasteiger partial charge in [-0.3, -0.25) is 0 Å². The Morgan fingerprint density at radius 2 is 1.93 bits per heavy atom. The van der Waals surface area contributed by atoms with Crippen LogP contribution in [0.5, 0.6) is 0 Å². The summed E-state index contributed by atoms with van der Waals surface area (Å²) in [5, 5.41) is 0. The monoisotopic (exact) mass is 212 g/mol. The zero-order valence-corrected chi connectivity index (χ0v) is 11.1. The van der Waals surface area contributed by atoms with Gasteiger partial charge in [-0.25, -0.2) is 0 Å². The molecular formula is C13H28N2. The molecule has 1 fully saturated rings. The minimum Gasteiger partial charge on any atom is -0.327 e. The summed E-state index contributed by atoms with van der Waals surface area (Å²) < 4.78 is 0. The van der Waals surface area contributed by atoms with Crippen LogP contribution in [-0.2, 0) is 0 Å². The molecule has 3 unspecified atom stereocenters. The van der Waals surface area contributed by atoms with Crippen LogP contribution in [0.3, 0.4) is 0 Å². The summed E-state index contributed by atoms with van der Waals surface area (Å²) in [5.74, 6) is 1.92. The van der Waals surface area contributed by atoms with E-state index in [2.05, 4.69) is 39.6 Å². The van der Waals surface area contributed by atoms with E-state index in [1.54, 1.807) is 0 Å². The van der Waals surface area contributed by atoms with E-state index in [1.807, 2.05) is 0 Å². The zero-order chi connectivity index (χ0) is 11.6. The molecule has 1 aliphatic rings. The minimum absolute atomic E-state index is 0.244. The smallest absolute Gasteiger partial charge is 0.00998 e. The Balaban J connectivity index is 2.13. The van der Waals surface area contributed by atoms with Gasteiger partial charge in [0.2, 0.25) is 0 Å². The molecule has 0 aromatic carbocycles. The molecule has 1 aliphatic carbocycles. The summed E-state index contributed by atoms with van der Waals surface area (Å²) in [6, 6.07) is 0.316. The SMILES string of the molecule is CC1CC1CN(C)CCC(N)C(C)(C)C. The maximum Gasteiger partial charge on any atom is 0.00998 e. The largest absolute Gasteiger partial charge is 0.327 e. The van der Waals surface area contributed by atoms with Gasteiger partial charge < -0.3 is 10.6 Å². The van der Waals surface area contributed by atoms with Gasteiger partial charge in [0.1, 0.15) is 0 Å². The van der Waals surface area contributed by atoms with Crippen LogP contribution in [0.15, 0.2) is 0 Å². The predicted octanol–water partition coefficient (Wildman–Crippen LogP) is 2.34. The number of rotatable bonds is 5. The molecule has 0 aliphatic heterocycles. The van der Waals surface area contributed by atoms with Crippen LogP contribution in [0.25, 0.3) is 0 Å². The standard InChI is InChI=1S/C13H28N2/c1-10-8-11(10)9-15(5)7-6-12(14)13(2,3)4/h10-12H,6-9,14H2,1-5H3. The van der Waals surface area contributed by atoms with Crippen molar-refractivity contribution in [1.29, 1.82) is 0 Å². The topological polar surface area (TPSA) is 29.3 Å². The van der Waals surface area contributed by atoms with Gasteiger partial charge in [-0.15, -0.1) is 0 Å². The van der Waals surface area contributed by atoms with Gasteiger partial charge >= 0.3 is 0 Å². The van der Waals surface area contributed by atoms with E-state index in [-0.39, 0.29) is 5.41 Å².